The third-order valence-electron chi connectivity index (χ3n) is 5.71. The average Bonchev–Trinajstić information content (AvgIpc) is 2.83. The lowest BCUT2D eigenvalue weighted by molar-refractivity contribution is -0.149. The Bertz CT molecular complexity index is 1380. The Kier molecular flexibility index (Phi) is 8.79. The number of carbonyl (C=O) groups is 2. The summed E-state index contributed by atoms with van der Waals surface area (Å²) in [6, 6.07) is 11.9. The monoisotopic (exact) mass is 751 g/mol. The van der Waals surface area contributed by atoms with Gasteiger partial charge in [0.05, 0.1) is 7.14 Å². The molecular formula is C26H18Cl2FI2NO4. The van der Waals surface area contributed by atoms with Crippen LogP contribution in [0.4, 0.5) is 4.39 Å². The molecule has 3 aromatic rings. The summed E-state index contributed by atoms with van der Waals surface area (Å²) < 4.78 is 21.2. The van der Waals surface area contributed by atoms with Gasteiger partial charge in [0, 0.05) is 34.7 Å². The van der Waals surface area contributed by atoms with E-state index in [0.29, 0.717) is 21.4 Å². The van der Waals surface area contributed by atoms with Gasteiger partial charge in [-0.25, -0.2) is 9.18 Å². The van der Waals surface area contributed by atoms with Gasteiger partial charge in [0.2, 0.25) is 5.91 Å². The zero-order chi connectivity index (χ0) is 26.0. The van der Waals surface area contributed by atoms with Crippen molar-refractivity contribution in [3.05, 3.63) is 99.9 Å². The SMILES string of the molecule is O=C(O)[C@@H]1Cc2cc(I)c(OCc3ccc(Cl)cc3Cl)c(I)c2CN1C(=O)/C=C/c1cccc(F)c1. The van der Waals surface area contributed by atoms with E-state index in [-0.39, 0.29) is 19.6 Å². The van der Waals surface area contributed by atoms with Crippen molar-refractivity contribution in [1.82, 2.24) is 4.90 Å². The highest BCUT2D eigenvalue weighted by atomic mass is 127. The van der Waals surface area contributed by atoms with Crippen LogP contribution in [0.3, 0.4) is 0 Å². The van der Waals surface area contributed by atoms with E-state index in [1.165, 1.54) is 29.2 Å². The molecule has 36 heavy (non-hydrogen) atoms. The molecule has 1 aliphatic rings. The molecule has 186 valence electrons. The number of halogens is 5. The summed E-state index contributed by atoms with van der Waals surface area (Å²) in [7, 11) is 0. The first-order valence-electron chi connectivity index (χ1n) is 10.7. The standard InChI is InChI=1S/C26H18Cl2FI2NO4/c27-17-6-5-15(20(28)11-17)13-36-25-21(30)9-16-10-22(26(34)35)32(12-19(16)24(25)31)23(33)7-4-14-2-1-3-18(29)8-14/h1-9,11,22H,10,12-13H2,(H,34,35)/b7-4+/t22-/m0/s1. The number of benzene rings is 3. The molecule has 0 saturated carbocycles. The van der Waals surface area contributed by atoms with Gasteiger partial charge >= 0.3 is 5.97 Å². The number of hydrogen-bond acceptors (Lipinski definition) is 3. The molecule has 0 spiro atoms. The van der Waals surface area contributed by atoms with Crippen LogP contribution >= 0.6 is 68.4 Å². The minimum Gasteiger partial charge on any atom is -0.487 e. The average molecular weight is 752 g/mol. The Hall–Kier alpha value is -1.89. The van der Waals surface area contributed by atoms with Crippen molar-refractivity contribution in [2.75, 3.05) is 0 Å². The molecule has 0 bridgehead atoms. The fourth-order valence-electron chi connectivity index (χ4n) is 3.89. The van der Waals surface area contributed by atoms with E-state index in [2.05, 4.69) is 45.2 Å². The first-order valence-corrected chi connectivity index (χ1v) is 13.6. The second-order valence-electron chi connectivity index (χ2n) is 8.08. The van der Waals surface area contributed by atoms with E-state index >= 15 is 0 Å². The highest BCUT2D eigenvalue weighted by molar-refractivity contribution is 14.1. The fourth-order valence-corrected chi connectivity index (χ4v) is 6.63. The maximum absolute atomic E-state index is 13.5. The molecule has 10 heteroatoms. The lowest BCUT2D eigenvalue weighted by atomic mass is 9.93. The Morgan fingerprint density at radius 3 is 2.64 bits per heavy atom. The van der Waals surface area contributed by atoms with Gasteiger partial charge in [-0.05, 0) is 98.3 Å². The zero-order valence-electron chi connectivity index (χ0n) is 18.5. The number of hydrogen-bond donors (Lipinski definition) is 1. The van der Waals surface area contributed by atoms with Gasteiger partial charge in [0.1, 0.15) is 24.2 Å². The van der Waals surface area contributed by atoms with Crippen molar-refractivity contribution >= 4 is 86.3 Å². The van der Waals surface area contributed by atoms with E-state index in [1.54, 1.807) is 30.3 Å². The van der Waals surface area contributed by atoms with Crippen molar-refractivity contribution < 1.29 is 23.8 Å². The van der Waals surface area contributed by atoms with Crippen LogP contribution in [0.1, 0.15) is 22.3 Å². The summed E-state index contributed by atoms with van der Waals surface area (Å²) in [4.78, 5) is 26.4. The highest BCUT2D eigenvalue weighted by Gasteiger charge is 2.36. The van der Waals surface area contributed by atoms with Crippen molar-refractivity contribution in [2.45, 2.75) is 25.6 Å². The molecular weight excluding hydrogens is 734 g/mol. The van der Waals surface area contributed by atoms with Crippen molar-refractivity contribution in [1.29, 1.82) is 0 Å². The van der Waals surface area contributed by atoms with Crippen LogP contribution in [-0.2, 0) is 29.2 Å². The van der Waals surface area contributed by atoms with Crippen molar-refractivity contribution in [3.8, 4) is 5.75 Å². The first-order chi connectivity index (χ1) is 17.1. The van der Waals surface area contributed by atoms with E-state index < -0.39 is 23.7 Å². The highest BCUT2D eigenvalue weighted by Crippen LogP contribution is 2.38. The van der Waals surface area contributed by atoms with Crippen LogP contribution in [-0.4, -0.2) is 27.9 Å². The molecule has 0 aliphatic carbocycles. The van der Waals surface area contributed by atoms with Gasteiger partial charge in [0.25, 0.3) is 0 Å². The van der Waals surface area contributed by atoms with Gasteiger partial charge in [-0.2, -0.15) is 0 Å². The summed E-state index contributed by atoms with van der Waals surface area (Å²) in [6.45, 7) is 0.323. The Morgan fingerprint density at radius 1 is 1.17 bits per heavy atom. The predicted octanol–water partition coefficient (Wildman–Crippen LogP) is 6.97. The molecule has 1 heterocycles. The van der Waals surface area contributed by atoms with Gasteiger partial charge in [-0.1, -0.05) is 41.4 Å². The molecule has 0 fully saturated rings. The molecule has 1 N–H and O–H groups in total. The largest absolute Gasteiger partial charge is 0.487 e. The number of nitrogens with zero attached hydrogens (tertiary/aromatic N) is 1. The second kappa shape index (κ2) is 11.7. The topological polar surface area (TPSA) is 66.8 Å². The summed E-state index contributed by atoms with van der Waals surface area (Å²) in [5, 5.41) is 10.9. The number of carbonyl (C=O) groups excluding carboxylic acids is 1. The summed E-state index contributed by atoms with van der Waals surface area (Å²) in [5.74, 6) is -1.34. The summed E-state index contributed by atoms with van der Waals surface area (Å²) in [5.41, 5.74) is 2.97. The third-order valence-corrected chi connectivity index (χ3v) is 8.24. The fraction of sp³-hybridized carbons (Fsp3) is 0.154. The quantitative estimate of drug-likeness (QED) is 0.218. The number of carboxylic acid groups (broad SMARTS) is 1. The van der Waals surface area contributed by atoms with Gasteiger partial charge < -0.3 is 14.7 Å². The molecule has 0 aromatic heterocycles. The minimum atomic E-state index is -1.09. The van der Waals surface area contributed by atoms with Gasteiger partial charge in [-0.3, -0.25) is 4.79 Å². The maximum atomic E-state index is 13.5. The van der Waals surface area contributed by atoms with E-state index in [0.717, 1.165) is 23.8 Å². The Morgan fingerprint density at radius 2 is 1.94 bits per heavy atom. The maximum Gasteiger partial charge on any atom is 0.326 e. The number of rotatable bonds is 6. The van der Waals surface area contributed by atoms with Crippen molar-refractivity contribution in [3.63, 3.8) is 0 Å². The van der Waals surface area contributed by atoms with E-state index in [1.807, 2.05) is 6.07 Å². The molecule has 1 atom stereocenters. The number of fused-ring (bicyclic) bond motifs is 1. The van der Waals surface area contributed by atoms with Crippen molar-refractivity contribution in [2.24, 2.45) is 0 Å². The van der Waals surface area contributed by atoms with Gasteiger partial charge in [0.15, 0.2) is 0 Å². The van der Waals surface area contributed by atoms with Crippen LogP contribution in [0.2, 0.25) is 10.0 Å². The van der Waals surface area contributed by atoms with Crippen LogP contribution in [0.5, 0.6) is 5.75 Å². The number of aliphatic carboxylic acids is 1. The number of amides is 1. The predicted molar refractivity (Wildman–Crippen MR) is 154 cm³/mol. The second-order valence-corrected chi connectivity index (χ2v) is 11.2. The summed E-state index contributed by atoms with van der Waals surface area (Å²) >= 11 is 16.6. The van der Waals surface area contributed by atoms with Crippen LogP contribution in [0, 0.1) is 13.0 Å². The third kappa shape index (κ3) is 6.15. The molecule has 0 saturated heterocycles. The molecule has 0 radical (unpaired) electrons. The zero-order valence-corrected chi connectivity index (χ0v) is 24.3. The van der Waals surface area contributed by atoms with E-state index in [4.69, 9.17) is 27.9 Å². The smallest absolute Gasteiger partial charge is 0.326 e. The van der Waals surface area contributed by atoms with Crippen LogP contribution in [0.15, 0.2) is 54.6 Å². The Balaban J connectivity index is 1.61. The van der Waals surface area contributed by atoms with Gasteiger partial charge in [-0.15, -0.1) is 0 Å². The molecule has 3 aromatic carbocycles. The van der Waals surface area contributed by atoms with E-state index in [9.17, 15) is 19.1 Å². The molecule has 1 amide bonds. The first kappa shape index (κ1) is 27.2. The summed E-state index contributed by atoms with van der Waals surface area (Å²) in [6.07, 6.45) is 2.91. The molecule has 4 rings (SSSR count). The minimum absolute atomic E-state index is 0.103. The Labute approximate surface area is 244 Å². The number of ether oxygens (including phenoxy) is 1. The van der Waals surface area contributed by atoms with Crippen LogP contribution < -0.4 is 4.74 Å². The van der Waals surface area contributed by atoms with Crippen LogP contribution in [0.25, 0.3) is 6.08 Å². The lowest BCUT2D eigenvalue weighted by Gasteiger charge is -2.35. The normalized spacial score (nSPS) is 15.1. The molecule has 5 nitrogen and oxygen atoms in total. The molecule has 0 unspecified atom stereocenters. The lowest BCUT2D eigenvalue weighted by Crippen LogP contribution is -2.48. The molecule has 1 aliphatic heterocycles. The number of carboxylic acids is 1.